The monoisotopic (exact) mass is 456 g/mol. The van der Waals surface area contributed by atoms with Crippen LogP contribution in [-0.2, 0) is 0 Å². The van der Waals surface area contributed by atoms with Gasteiger partial charge in [-0.05, 0) is 55.5 Å². The molecule has 0 fully saturated rings. The second-order valence-corrected chi connectivity index (χ2v) is 8.20. The molecule has 0 atom stereocenters. The lowest BCUT2D eigenvalue weighted by Crippen LogP contribution is -2.15. The van der Waals surface area contributed by atoms with Crippen LogP contribution in [0.5, 0.6) is 11.6 Å². The predicted molar refractivity (Wildman–Crippen MR) is 118 cm³/mol. The summed E-state index contributed by atoms with van der Waals surface area (Å²) in [4.78, 5) is 17.6. The number of amides is 1. The van der Waals surface area contributed by atoms with Crippen LogP contribution < -0.4 is 10.1 Å². The van der Waals surface area contributed by atoms with E-state index < -0.39 is 23.1 Å². The molecule has 0 unspecified atom stereocenters. The number of rotatable bonds is 5. The quantitative estimate of drug-likeness (QED) is 0.348. The van der Waals surface area contributed by atoms with Crippen LogP contribution in [0.25, 0.3) is 10.6 Å². The average molecular weight is 457 g/mol. The first-order valence-electron chi connectivity index (χ1n) is 9.17. The number of benzene rings is 3. The molecule has 3 aromatic carbocycles. The van der Waals surface area contributed by atoms with Gasteiger partial charge in [0.2, 0.25) is 5.88 Å². The maximum Gasteiger partial charge on any atom is 0.261 e. The highest BCUT2D eigenvalue weighted by Gasteiger charge is 2.17. The number of carbonyl (C=O) groups excluding carboxylic acids is 1. The van der Waals surface area contributed by atoms with E-state index in [1.54, 1.807) is 36.4 Å². The standard InChI is InChI=1S/C23H15ClF2N2O2S/c1-13-22(28-23(31-13)14-5-7-15(24)8-6-14)30-17-11-9-16(10-12-17)27-21(29)20-18(25)3-2-4-19(20)26/h2-12H,1H3,(H,27,29). The second kappa shape index (κ2) is 8.83. The minimum atomic E-state index is -0.923. The van der Waals surface area contributed by atoms with Gasteiger partial charge in [0.1, 0.15) is 28.0 Å². The van der Waals surface area contributed by atoms with Gasteiger partial charge in [0.15, 0.2) is 0 Å². The number of ether oxygens (including phenoxy) is 1. The van der Waals surface area contributed by atoms with E-state index in [2.05, 4.69) is 10.3 Å². The minimum absolute atomic E-state index is 0.372. The highest BCUT2D eigenvalue weighted by molar-refractivity contribution is 7.15. The van der Waals surface area contributed by atoms with Crippen molar-refractivity contribution in [1.29, 1.82) is 0 Å². The topological polar surface area (TPSA) is 51.2 Å². The number of anilines is 1. The van der Waals surface area contributed by atoms with Crippen molar-refractivity contribution in [2.75, 3.05) is 5.32 Å². The molecule has 0 aliphatic carbocycles. The van der Waals surface area contributed by atoms with Gasteiger partial charge in [0, 0.05) is 16.3 Å². The molecule has 1 N–H and O–H groups in total. The maximum absolute atomic E-state index is 13.8. The van der Waals surface area contributed by atoms with E-state index >= 15 is 0 Å². The van der Waals surface area contributed by atoms with Gasteiger partial charge in [-0.25, -0.2) is 13.8 Å². The van der Waals surface area contributed by atoms with Crippen molar-refractivity contribution in [2.45, 2.75) is 6.92 Å². The molecule has 4 nitrogen and oxygen atoms in total. The molecular formula is C23H15ClF2N2O2S. The molecule has 156 valence electrons. The fourth-order valence-corrected chi connectivity index (χ4v) is 3.79. The number of aryl methyl sites for hydroxylation is 1. The number of aromatic nitrogens is 1. The molecule has 4 aromatic rings. The Kier molecular flexibility index (Phi) is 5.97. The van der Waals surface area contributed by atoms with Crippen LogP contribution in [0.4, 0.5) is 14.5 Å². The van der Waals surface area contributed by atoms with E-state index in [1.807, 2.05) is 19.1 Å². The number of nitrogens with zero attached hydrogens (tertiary/aromatic N) is 1. The first-order valence-corrected chi connectivity index (χ1v) is 10.4. The third-order valence-corrected chi connectivity index (χ3v) is 5.61. The molecule has 4 rings (SSSR count). The highest BCUT2D eigenvalue weighted by atomic mass is 35.5. The van der Waals surface area contributed by atoms with Crippen molar-refractivity contribution in [3.63, 3.8) is 0 Å². The third-order valence-electron chi connectivity index (χ3n) is 4.36. The van der Waals surface area contributed by atoms with Gasteiger partial charge in [-0.15, -0.1) is 11.3 Å². The zero-order valence-corrected chi connectivity index (χ0v) is 17.7. The summed E-state index contributed by atoms with van der Waals surface area (Å²) < 4.78 is 33.4. The Morgan fingerprint density at radius 3 is 2.29 bits per heavy atom. The molecule has 1 amide bonds. The third kappa shape index (κ3) is 4.73. The number of hydrogen-bond donors (Lipinski definition) is 1. The summed E-state index contributed by atoms with van der Waals surface area (Å²) in [7, 11) is 0. The highest BCUT2D eigenvalue weighted by Crippen LogP contribution is 2.35. The Morgan fingerprint density at radius 2 is 1.65 bits per heavy atom. The molecule has 0 saturated carbocycles. The van der Waals surface area contributed by atoms with Crippen molar-refractivity contribution in [3.8, 4) is 22.2 Å². The average Bonchev–Trinajstić information content (AvgIpc) is 3.10. The lowest BCUT2D eigenvalue weighted by Gasteiger charge is -2.08. The Bertz CT molecular complexity index is 1220. The second-order valence-electron chi connectivity index (χ2n) is 6.56. The van der Waals surface area contributed by atoms with Crippen LogP contribution >= 0.6 is 22.9 Å². The lowest BCUT2D eigenvalue weighted by atomic mass is 10.2. The van der Waals surface area contributed by atoms with Crippen LogP contribution in [0.2, 0.25) is 5.02 Å². The molecular weight excluding hydrogens is 442 g/mol. The van der Waals surface area contributed by atoms with Crippen molar-refractivity contribution in [3.05, 3.63) is 93.8 Å². The van der Waals surface area contributed by atoms with Gasteiger partial charge in [-0.3, -0.25) is 4.79 Å². The summed E-state index contributed by atoms with van der Waals surface area (Å²) in [6.07, 6.45) is 0. The van der Waals surface area contributed by atoms with Crippen LogP contribution in [0, 0.1) is 18.6 Å². The van der Waals surface area contributed by atoms with Gasteiger partial charge >= 0.3 is 0 Å². The number of carbonyl (C=O) groups is 1. The molecule has 0 bridgehead atoms. The molecule has 0 saturated heterocycles. The van der Waals surface area contributed by atoms with Crippen LogP contribution in [-0.4, -0.2) is 10.9 Å². The Labute approximate surface area is 186 Å². The van der Waals surface area contributed by atoms with Crippen molar-refractivity contribution in [1.82, 2.24) is 4.98 Å². The van der Waals surface area contributed by atoms with Crippen molar-refractivity contribution < 1.29 is 18.3 Å². The SMILES string of the molecule is Cc1sc(-c2ccc(Cl)cc2)nc1Oc1ccc(NC(=O)c2c(F)cccc2F)cc1. The summed E-state index contributed by atoms with van der Waals surface area (Å²) in [5.74, 6) is -1.74. The van der Waals surface area contributed by atoms with Gasteiger partial charge in [-0.1, -0.05) is 29.8 Å². The fraction of sp³-hybridized carbons (Fsp3) is 0.0435. The normalized spacial score (nSPS) is 10.7. The summed E-state index contributed by atoms with van der Waals surface area (Å²) in [5, 5.41) is 3.93. The summed E-state index contributed by atoms with van der Waals surface area (Å²) in [6, 6.07) is 17.1. The number of nitrogens with one attached hydrogen (secondary N) is 1. The number of hydrogen-bond acceptors (Lipinski definition) is 4. The van der Waals surface area contributed by atoms with Crippen LogP contribution in [0.1, 0.15) is 15.2 Å². The van der Waals surface area contributed by atoms with E-state index in [9.17, 15) is 13.6 Å². The summed E-state index contributed by atoms with van der Waals surface area (Å²) in [6.45, 7) is 1.91. The minimum Gasteiger partial charge on any atom is -0.438 e. The van der Waals surface area contributed by atoms with E-state index in [-0.39, 0.29) is 0 Å². The molecule has 1 heterocycles. The van der Waals surface area contributed by atoms with E-state index in [0.717, 1.165) is 27.6 Å². The van der Waals surface area contributed by atoms with Crippen molar-refractivity contribution >= 4 is 34.5 Å². The first kappa shape index (κ1) is 21.0. The zero-order chi connectivity index (χ0) is 22.0. The largest absolute Gasteiger partial charge is 0.438 e. The summed E-state index contributed by atoms with van der Waals surface area (Å²) in [5.41, 5.74) is 0.679. The van der Waals surface area contributed by atoms with Crippen LogP contribution in [0.3, 0.4) is 0 Å². The Morgan fingerprint density at radius 1 is 1.00 bits per heavy atom. The zero-order valence-electron chi connectivity index (χ0n) is 16.2. The molecule has 1 aromatic heterocycles. The van der Waals surface area contributed by atoms with Crippen LogP contribution in [0.15, 0.2) is 66.7 Å². The molecule has 0 aliphatic heterocycles. The van der Waals surface area contributed by atoms with E-state index in [1.165, 1.54) is 17.4 Å². The Hall–Kier alpha value is -3.29. The van der Waals surface area contributed by atoms with Gasteiger partial charge in [0.25, 0.3) is 5.91 Å². The predicted octanol–water partition coefficient (Wildman–Crippen LogP) is 7.09. The maximum atomic E-state index is 13.8. The fourth-order valence-electron chi connectivity index (χ4n) is 2.82. The van der Waals surface area contributed by atoms with Crippen molar-refractivity contribution in [2.24, 2.45) is 0 Å². The van der Waals surface area contributed by atoms with Gasteiger partial charge in [0.05, 0.1) is 4.88 Å². The number of halogens is 3. The van der Waals surface area contributed by atoms with E-state index in [4.69, 9.17) is 16.3 Å². The molecule has 0 aliphatic rings. The Balaban J connectivity index is 1.47. The molecule has 0 spiro atoms. The lowest BCUT2D eigenvalue weighted by molar-refractivity contribution is 0.101. The molecule has 31 heavy (non-hydrogen) atoms. The van der Waals surface area contributed by atoms with Gasteiger partial charge in [-0.2, -0.15) is 0 Å². The molecule has 8 heteroatoms. The van der Waals surface area contributed by atoms with Gasteiger partial charge < -0.3 is 10.1 Å². The smallest absolute Gasteiger partial charge is 0.261 e. The van der Waals surface area contributed by atoms with E-state index in [0.29, 0.717) is 22.3 Å². The summed E-state index contributed by atoms with van der Waals surface area (Å²) >= 11 is 7.43. The first-order chi connectivity index (χ1) is 14.9. The number of thiazole rings is 1. The molecule has 0 radical (unpaired) electrons.